The number of hydrogen-bond donors (Lipinski definition) is 0. The van der Waals surface area contributed by atoms with E-state index in [-0.39, 0.29) is 31.2 Å². The maximum Gasteiger partial charge on any atom is 0.259 e. The van der Waals surface area contributed by atoms with Gasteiger partial charge in [0.15, 0.2) is 0 Å². The van der Waals surface area contributed by atoms with Crippen LogP contribution in [0.4, 0.5) is 4.39 Å². The van der Waals surface area contributed by atoms with Crippen LogP contribution in [0.2, 0.25) is 0 Å². The fourth-order valence-electron chi connectivity index (χ4n) is 1.47. The summed E-state index contributed by atoms with van der Waals surface area (Å²) in [4.78, 5) is 30.0. The van der Waals surface area contributed by atoms with Gasteiger partial charge >= 0.3 is 0 Å². The van der Waals surface area contributed by atoms with Crippen molar-refractivity contribution in [3.05, 3.63) is 29.8 Å². The molecule has 0 bridgehead atoms. The van der Waals surface area contributed by atoms with Crippen LogP contribution < -0.4 is 0 Å². The highest BCUT2D eigenvalue weighted by Gasteiger charge is 2.22. The van der Waals surface area contributed by atoms with Crippen molar-refractivity contribution < 1.29 is 18.7 Å². The van der Waals surface area contributed by atoms with Crippen molar-refractivity contribution in [2.75, 3.05) is 40.9 Å². The first-order valence-corrected chi connectivity index (χ1v) is 6.06. The van der Waals surface area contributed by atoms with Crippen molar-refractivity contribution >= 4 is 11.8 Å². The average Bonchev–Trinajstić information content (AvgIpc) is 2.42. The van der Waals surface area contributed by atoms with Gasteiger partial charge in [-0.05, 0) is 12.1 Å². The minimum absolute atomic E-state index is 0.135. The van der Waals surface area contributed by atoms with E-state index in [0.29, 0.717) is 0 Å². The summed E-state index contributed by atoms with van der Waals surface area (Å²) in [5.74, 6) is -1.68. The average molecular weight is 283 g/mol. The van der Waals surface area contributed by atoms with Crippen LogP contribution in [0.25, 0.3) is 0 Å². The molecule has 1 aromatic rings. The second-order valence-electron chi connectivity index (χ2n) is 4.35. The molecule has 0 saturated carbocycles. The maximum atomic E-state index is 13.5. The summed E-state index contributed by atoms with van der Waals surface area (Å²) >= 11 is 0. The first-order valence-electron chi connectivity index (χ1n) is 6.06. The number of carbonyl (C=O) groups excluding carboxylic acids is 2. The quantitative estimate of drug-likeness (QED) is 0.709. The number of likely N-dealkylation sites (N-methyl/N-ethyl adjacent to an activating group) is 1. The number of pyridine rings is 1. The Morgan fingerprint density at radius 3 is 2.65 bits per heavy atom. The lowest BCUT2D eigenvalue weighted by Gasteiger charge is -2.23. The summed E-state index contributed by atoms with van der Waals surface area (Å²) in [6.07, 6.45) is 1.26. The monoisotopic (exact) mass is 283 g/mol. The normalized spacial score (nSPS) is 10.2. The van der Waals surface area contributed by atoms with E-state index in [1.165, 1.54) is 35.2 Å². The number of aromatic nitrogens is 1. The Bertz CT molecular complexity index is 480. The fourth-order valence-corrected chi connectivity index (χ4v) is 1.47. The van der Waals surface area contributed by atoms with E-state index < -0.39 is 11.9 Å². The molecular formula is C13H18FN3O3. The Kier molecular flexibility index (Phi) is 6.05. The number of carbonyl (C=O) groups is 2. The molecule has 0 aliphatic carbocycles. The molecule has 0 aliphatic heterocycles. The van der Waals surface area contributed by atoms with Crippen molar-refractivity contribution in [3.8, 4) is 0 Å². The summed E-state index contributed by atoms with van der Waals surface area (Å²) in [5.41, 5.74) is -0.157. The lowest BCUT2D eigenvalue weighted by atomic mass is 10.2. The zero-order valence-electron chi connectivity index (χ0n) is 11.8. The third-order valence-corrected chi connectivity index (χ3v) is 2.67. The third-order valence-electron chi connectivity index (χ3n) is 2.67. The van der Waals surface area contributed by atoms with Crippen LogP contribution in [0.15, 0.2) is 18.3 Å². The summed E-state index contributed by atoms with van der Waals surface area (Å²) in [5, 5.41) is 0. The zero-order chi connectivity index (χ0) is 15.1. The third kappa shape index (κ3) is 4.27. The number of methoxy groups -OCH3 is 1. The Morgan fingerprint density at radius 1 is 1.40 bits per heavy atom. The first-order chi connectivity index (χ1) is 9.47. The van der Waals surface area contributed by atoms with Gasteiger partial charge in [-0.25, -0.2) is 4.98 Å². The highest BCUT2D eigenvalue weighted by atomic mass is 19.1. The molecule has 20 heavy (non-hydrogen) atoms. The predicted molar refractivity (Wildman–Crippen MR) is 70.7 cm³/mol. The second kappa shape index (κ2) is 7.54. The lowest BCUT2D eigenvalue weighted by molar-refractivity contribution is -0.129. The van der Waals surface area contributed by atoms with E-state index in [2.05, 4.69) is 4.98 Å². The highest BCUT2D eigenvalue weighted by molar-refractivity contribution is 5.96. The van der Waals surface area contributed by atoms with Crippen LogP contribution >= 0.6 is 0 Å². The van der Waals surface area contributed by atoms with Crippen LogP contribution in [0.3, 0.4) is 0 Å². The number of amides is 2. The molecule has 0 fully saturated rings. The molecule has 0 spiro atoms. The van der Waals surface area contributed by atoms with Crippen molar-refractivity contribution in [2.45, 2.75) is 0 Å². The Hall–Kier alpha value is -2.02. The van der Waals surface area contributed by atoms with Gasteiger partial charge in [-0.15, -0.1) is 0 Å². The van der Waals surface area contributed by atoms with Crippen molar-refractivity contribution in [3.63, 3.8) is 0 Å². The number of rotatable bonds is 6. The van der Waals surface area contributed by atoms with E-state index in [9.17, 15) is 14.0 Å². The number of ether oxygens (including phenoxy) is 1. The highest BCUT2D eigenvalue weighted by Crippen LogP contribution is 2.08. The first kappa shape index (κ1) is 16.0. The maximum absolute atomic E-state index is 13.5. The Balaban J connectivity index is 2.89. The van der Waals surface area contributed by atoms with E-state index in [0.717, 1.165) is 0 Å². The van der Waals surface area contributed by atoms with Gasteiger partial charge in [-0.2, -0.15) is 4.39 Å². The molecule has 7 heteroatoms. The van der Waals surface area contributed by atoms with Crippen LogP contribution in [0.1, 0.15) is 10.4 Å². The van der Waals surface area contributed by atoms with Gasteiger partial charge in [-0.1, -0.05) is 0 Å². The molecule has 0 N–H and O–H groups in total. The van der Waals surface area contributed by atoms with Gasteiger partial charge in [0.25, 0.3) is 5.91 Å². The van der Waals surface area contributed by atoms with Crippen LogP contribution in [0, 0.1) is 5.95 Å². The second-order valence-corrected chi connectivity index (χ2v) is 4.35. The molecule has 110 valence electrons. The Labute approximate surface area is 117 Å². The summed E-state index contributed by atoms with van der Waals surface area (Å²) in [6, 6.07) is 2.81. The van der Waals surface area contributed by atoms with Gasteiger partial charge in [0.2, 0.25) is 11.9 Å². The smallest absolute Gasteiger partial charge is 0.259 e. The topological polar surface area (TPSA) is 62.7 Å². The number of nitrogens with zero attached hydrogens (tertiary/aromatic N) is 3. The molecule has 0 atom stereocenters. The standard InChI is InChI=1S/C13H18FN3O3/c1-16(2)11(18)9-17(7-8-20-3)13(19)10-5-4-6-15-12(10)14/h4-6H,7-9H2,1-3H3. The molecule has 0 saturated heterocycles. The molecule has 0 radical (unpaired) electrons. The molecular weight excluding hydrogens is 265 g/mol. The molecule has 6 nitrogen and oxygen atoms in total. The fraction of sp³-hybridized carbons (Fsp3) is 0.462. The molecule has 0 aromatic carbocycles. The zero-order valence-corrected chi connectivity index (χ0v) is 11.8. The number of hydrogen-bond acceptors (Lipinski definition) is 4. The van der Waals surface area contributed by atoms with Gasteiger partial charge < -0.3 is 14.5 Å². The van der Waals surface area contributed by atoms with E-state index in [1.54, 1.807) is 14.1 Å². The van der Waals surface area contributed by atoms with Crippen LogP contribution in [0.5, 0.6) is 0 Å². The molecule has 2 amide bonds. The van der Waals surface area contributed by atoms with E-state index in [1.807, 2.05) is 0 Å². The Morgan fingerprint density at radius 2 is 2.10 bits per heavy atom. The van der Waals surface area contributed by atoms with Crippen LogP contribution in [-0.2, 0) is 9.53 Å². The minimum Gasteiger partial charge on any atom is -0.383 e. The summed E-state index contributed by atoms with van der Waals surface area (Å²) < 4.78 is 18.4. The van der Waals surface area contributed by atoms with Crippen molar-refractivity contribution in [1.29, 1.82) is 0 Å². The molecule has 1 aromatic heterocycles. The van der Waals surface area contributed by atoms with Crippen LogP contribution in [-0.4, -0.2) is 67.5 Å². The summed E-state index contributed by atoms with van der Waals surface area (Å²) in [7, 11) is 4.67. The lowest BCUT2D eigenvalue weighted by Crippen LogP contribution is -2.42. The number of halogens is 1. The van der Waals surface area contributed by atoms with Crippen molar-refractivity contribution in [1.82, 2.24) is 14.8 Å². The predicted octanol–water partition coefficient (Wildman–Crippen LogP) is 0.397. The van der Waals surface area contributed by atoms with Gasteiger partial charge in [0.05, 0.1) is 12.2 Å². The summed E-state index contributed by atoms with van der Waals surface area (Å²) in [6.45, 7) is 0.321. The molecule has 0 aliphatic rings. The SMILES string of the molecule is COCCN(CC(=O)N(C)C)C(=O)c1cccnc1F. The van der Waals surface area contributed by atoms with E-state index in [4.69, 9.17) is 4.74 Å². The van der Waals surface area contributed by atoms with E-state index >= 15 is 0 Å². The molecule has 1 rings (SSSR count). The van der Waals surface area contributed by atoms with Gasteiger partial charge in [-0.3, -0.25) is 9.59 Å². The minimum atomic E-state index is -0.850. The van der Waals surface area contributed by atoms with Crippen molar-refractivity contribution in [2.24, 2.45) is 0 Å². The van der Waals surface area contributed by atoms with Gasteiger partial charge in [0.1, 0.15) is 6.54 Å². The molecule has 0 unspecified atom stereocenters. The largest absolute Gasteiger partial charge is 0.383 e. The van der Waals surface area contributed by atoms with Gasteiger partial charge in [0, 0.05) is 33.9 Å². The molecule has 1 heterocycles.